The number of likely N-dealkylation sites (tertiary alicyclic amines) is 5. The molecular formula is C46H88N6. The topological polar surface area (TPSA) is 19.4 Å². The van der Waals surface area contributed by atoms with Crippen LogP contribution in [0.25, 0.3) is 0 Å². The van der Waals surface area contributed by atoms with Crippen molar-refractivity contribution in [3.8, 4) is 0 Å². The van der Waals surface area contributed by atoms with Crippen LogP contribution in [0.1, 0.15) is 106 Å². The molecule has 7 aliphatic heterocycles. The highest BCUT2D eigenvalue weighted by Crippen LogP contribution is 2.57. The highest BCUT2D eigenvalue weighted by Gasteiger charge is 2.57. The molecule has 12 rings (SSSR count). The van der Waals surface area contributed by atoms with E-state index in [1.54, 1.807) is 0 Å². The first kappa shape index (κ1) is 41.4. The smallest absolute Gasteiger partial charge is 0.0121 e. The Balaban J connectivity index is 0.000000107. The van der Waals surface area contributed by atoms with Gasteiger partial charge in [-0.05, 0) is 183 Å². The van der Waals surface area contributed by atoms with E-state index < -0.39 is 0 Å². The molecule has 0 amide bonds. The Morgan fingerprint density at radius 1 is 0.481 bits per heavy atom. The van der Waals surface area contributed by atoms with E-state index in [2.05, 4.69) is 113 Å². The van der Waals surface area contributed by atoms with E-state index in [1.165, 1.54) is 130 Å². The van der Waals surface area contributed by atoms with Gasteiger partial charge < -0.3 is 29.4 Å². The summed E-state index contributed by atoms with van der Waals surface area (Å²) in [5.41, 5.74) is 1.64. The molecule has 0 aromatic heterocycles. The van der Waals surface area contributed by atoms with Crippen LogP contribution in [0.2, 0.25) is 0 Å². The molecule has 5 saturated carbocycles. The van der Waals surface area contributed by atoms with Crippen molar-refractivity contribution in [1.82, 2.24) is 29.4 Å². The van der Waals surface area contributed by atoms with Crippen molar-refractivity contribution in [3.05, 3.63) is 0 Å². The van der Waals surface area contributed by atoms with Crippen LogP contribution in [0.5, 0.6) is 0 Å². The second kappa shape index (κ2) is 17.1. The summed E-state index contributed by atoms with van der Waals surface area (Å²) in [6, 6.07) is 1.86. The van der Waals surface area contributed by atoms with Crippen molar-refractivity contribution in [2.75, 3.05) is 108 Å². The summed E-state index contributed by atoms with van der Waals surface area (Å²) in [4.78, 5) is 14.8. The Hall–Kier alpha value is -0.240. The predicted octanol–water partition coefficient (Wildman–Crippen LogP) is 7.55. The lowest BCUT2D eigenvalue weighted by Gasteiger charge is -2.57. The summed E-state index contributed by atoms with van der Waals surface area (Å²) < 4.78 is 0. The van der Waals surface area contributed by atoms with Gasteiger partial charge in [0.05, 0.1) is 0 Å². The third-order valence-electron chi connectivity index (χ3n) is 16.6. The zero-order chi connectivity index (χ0) is 37.5. The zero-order valence-corrected chi connectivity index (χ0v) is 36.8. The summed E-state index contributed by atoms with van der Waals surface area (Å²) in [5, 5.41) is 0. The number of piperidine rings is 5. The number of hydrogen-bond acceptors (Lipinski definition) is 6. The maximum atomic E-state index is 2.56. The molecule has 7 saturated heterocycles. The van der Waals surface area contributed by atoms with Gasteiger partial charge in [0.1, 0.15) is 0 Å². The van der Waals surface area contributed by atoms with Crippen LogP contribution >= 0.6 is 0 Å². The molecule has 7 heterocycles. The van der Waals surface area contributed by atoms with Crippen LogP contribution in [0.4, 0.5) is 0 Å². The van der Waals surface area contributed by atoms with Crippen LogP contribution in [0.3, 0.4) is 0 Å². The van der Waals surface area contributed by atoms with Gasteiger partial charge in [-0.3, -0.25) is 0 Å². The minimum Gasteiger partial charge on any atom is -0.306 e. The zero-order valence-electron chi connectivity index (χ0n) is 36.8. The van der Waals surface area contributed by atoms with Crippen LogP contribution in [0.15, 0.2) is 0 Å². The van der Waals surface area contributed by atoms with E-state index in [0.717, 1.165) is 82.1 Å². The first-order valence-corrected chi connectivity index (χ1v) is 22.7. The van der Waals surface area contributed by atoms with Gasteiger partial charge in [0.25, 0.3) is 0 Å². The Morgan fingerprint density at radius 3 is 1.37 bits per heavy atom. The molecule has 5 aliphatic carbocycles. The molecule has 2 spiro atoms. The normalized spacial score (nSPS) is 43.7. The first-order valence-electron chi connectivity index (χ1n) is 22.7. The monoisotopic (exact) mass is 725 g/mol. The summed E-state index contributed by atoms with van der Waals surface area (Å²) in [6.07, 6.45) is 14.8. The summed E-state index contributed by atoms with van der Waals surface area (Å²) >= 11 is 0. The first-order chi connectivity index (χ1) is 24.5. The van der Waals surface area contributed by atoms with Gasteiger partial charge >= 0.3 is 0 Å². The van der Waals surface area contributed by atoms with E-state index in [1.807, 2.05) is 0 Å². The lowest BCUT2D eigenvalue weighted by Crippen LogP contribution is -2.60. The van der Waals surface area contributed by atoms with E-state index in [-0.39, 0.29) is 0 Å². The molecule has 12 aliphatic rings. The molecule has 0 radical (unpaired) electrons. The second-order valence-electron chi connectivity index (χ2n) is 22.2. The number of nitrogens with zero attached hydrogens (tertiary/aromatic N) is 6. The van der Waals surface area contributed by atoms with Gasteiger partial charge in [0, 0.05) is 71.0 Å². The van der Waals surface area contributed by atoms with Gasteiger partial charge in [-0.25, -0.2) is 0 Å². The third kappa shape index (κ3) is 10.2. The highest BCUT2D eigenvalue weighted by atomic mass is 15.2. The average Bonchev–Trinajstić information content (AvgIpc) is 3.56. The summed E-state index contributed by atoms with van der Waals surface area (Å²) in [7, 11) is 13.4. The molecule has 6 nitrogen and oxygen atoms in total. The number of rotatable bonds is 0. The fourth-order valence-corrected chi connectivity index (χ4v) is 13.8. The van der Waals surface area contributed by atoms with Crippen molar-refractivity contribution < 1.29 is 0 Å². The second-order valence-corrected chi connectivity index (χ2v) is 22.2. The number of fused-ring (bicyclic) bond motifs is 6. The third-order valence-corrected chi connectivity index (χ3v) is 16.6. The minimum atomic E-state index is 0.814. The fourth-order valence-electron chi connectivity index (χ4n) is 13.8. The van der Waals surface area contributed by atoms with Crippen molar-refractivity contribution in [2.45, 2.75) is 118 Å². The molecule has 9 unspecified atom stereocenters. The molecule has 52 heavy (non-hydrogen) atoms. The van der Waals surface area contributed by atoms with Crippen LogP contribution < -0.4 is 0 Å². The standard InChI is InChI=1S/C9H17N.2C8H15N.2C7H13N.C7H15N/c1-7-5-8-3-4-9(7)10(2)6-8;1-7-3-8(4-7)5-9(2)6-8;1-6-3-7-4-8(6)9(2)5-7;1-6-3-7(6)4-8(2)5-7;1-5-6-3-8(2)4-7(5)6;1-7-4-3-5-8(2)6-7/h7-9H,3-6H2,1-2H3;7H,3-6H2,1-2H3;6-8H,3-5H2,1-2H3;6H,3-5H2,1-2H3;5-7H,3-4H2,1-2H3;7H,3-6H2,1-2H3/t;;;;;7-/m.....1/s1. The Bertz CT molecular complexity index is 1050. The SMILES string of the molecule is CC1C2CN(C)CC12.CC1CC12CN(C)C2.CC1CC2(C1)CN(C)C2.CC1CC2CC1N(C)C2.CC1CC2CCC1N(C)C2.C[C@@H]1CCCN(C)C1. The maximum Gasteiger partial charge on any atom is 0.0121 e. The quantitative estimate of drug-likeness (QED) is 0.255. The summed E-state index contributed by atoms with van der Waals surface area (Å²) in [5.74, 6) is 10.3. The Morgan fingerprint density at radius 2 is 1.04 bits per heavy atom. The van der Waals surface area contributed by atoms with Crippen molar-refractivity contribution in [2.24, 2.45) is 70.0 Å². The minimum absolute atomic E-state index is 0.814. The van der Waals surface area contributed by atoms with Crippen LogP contribution in [0, 0.1) is 70.0 Å². The van der Waals surface area contributed by atoms with Gasteiger partial charge in [-0.15, -0.1) is 0 Å². The van der Waals surface area contributed by atoms with Crippen molar-refractivity contribution >= 4 is 0 Å². The lowest BCUT2D eigenvalue weighted by molar-refractivity contribution is -0.0758. The van der Waals surface area contributed by atoms with Crippen LogP contribution in [-0.2, 0) is 0 Å². The highest BCUT2D eigenvalue weighted by molar-refractivity contribution is 5.09. The molecular weight excluding hydrogens is 637 g/mol. The van der Waals surface area contributed by atoms with Crippen molar-refractivity contribution in [1.29, 1.82) is 0 Å². The molecule has 10 atom stereocenters. The molecule has 0 aromatic rings. The van der Waals surface area contributed by atoms with E-state index in [4.69, 9.17) is 0 Å². The lowest BCUT2D eigenvalue weighted by atomic mass is 9.58. The maximum absolute atomic E-state index is 2.56. The molecule has 12 fully saturated rings. The largest absolute Gasteiger partial charge is 0.306 e. The van der Waals surface area contributed by atoms with E-state index in [0.29, 0.717) is 0 Å². The van der Waals surface area contributed by atoms with Crippen molar-refractivity contribution in [3.63, 3.8) is 0 Å². The average molecular weight is 725 g/mol. The molecule has 4 bridgehead atoms. The Kier molecular flexibility index (Phi) is 13.6. The number of hydrogen-bond donors (Lipinski definition) is 0. The molecule has 0 aromatic carbocycles. The van der Waals surface area contributed by atoms with E-state index in [9.17, 15) is 0 Å². The molecule has 6 heteroatoms. The van der Waals surface area contributed by atoms with Gasteiger partial charge in [-0.1, -0.05) is 41.5 Å². The van der Waals surface area contributed by atoms with Gasteiger partial charge in [-0.2, -0.15) is 0 Å². The van der Waals surface area contributed by atoms with Crippen LogP contribution in [-0.4, -0.2) is 149 Å². The summed E-state index contributed by atoms with van der Waals surface area (Å²) in [6.45, 7) is 27.8. The molecule has 0 N–H and O–H groups in total. The predicted molar refractivity (Wildman–Crippen MR) is 223 cm³/mol. The van der Waals surface area contributed by atoms with Gasteiger partial charge in [0.2, 0.25) is 0 Å². The fraction of sp³-hybridized carbons (Fsp3) is 1.00. The Labute approximate surface area is 324 Å². The van der Waals surface area contributed by atoms with Gasteiger partial charge in [0.15, 0.2) is 0 Å². The molecule has 302 valence electrons. The van der Waals surface area contributed by atoms with E-state index >= 15 is 0 Å².